The minimum atomic E-state index is 0.165. The Hall–Kier alpha value is -2.84. The molecule has 0 amide bonds. The van der Waals surface area contributed by atoms with Gasteiger partial charge in [0.15, 0.2) is 6.19 Å². The van der Waals surface area contributed by atoms with Crippen LogP contribution in [0.15, 0.2) is 54.6 Å². The van der Waals surface area contributed by atoms with Crippen LogP contribution in [-0.2, 0) is 0 Å². The molecule has 1 heterocycles. The molecule has 5 heteroatoms. The Kier molecular flexibility index (Phi) is 4.78. The van der Waals surface area contributed by atoms with Crippen molar-refractivity contribution in [1.82, 2.24) is 10.2 Å². The molecule has 0 aromatic heterocycles. The van der Waals surface area contributed by atoms with Gasteiger partial charge in [-0.1, -0.05) is 48.5 Å². The minimum absolute atomic E-state index is 0.165. The summed E-state index contributed by atoms with van der Waals surface area (Å²) in [7, 11) is 0. The fourth-order valence-electron chi connectivity index (χ4n) is 3.02. The zero-order chi connectivity index (χ0) is 16.9. The first-order valence-electron chi connectivity index (χ1n) is 8.08. The topological polar surface area (TPSA) is 66.2 Å². The molecule has 122 valence electrons. The Morgan fingerprint density at radius 3 is 2.62 bits per heavy atom. The van der Waals surface area contributed by atoms with E-state index < -0.39 is 0 Å². The normalized spacial score (nSPS) is 17.2. The molecule has 0 aliphatic carbocycles. The fourth-order valence-corrected chi connectivity index (χ4v) is 3.02. The molecular weight excluding hydrogens is 298 g/mol. The first-order valence-corrected chi connectivity index (χ1v) is 8.08. The van der Waals surface area contributed by atoms with Gasteiger partial charge < -0.3 is 10.2 Å². The molecule has 0 spiro atoms. The zero-order valence-corrected chi connectivity index (χ0v) is 13.7. The van der Waals surface area contributed by atoms with Gasteiger partial charge >= 0.3 is 0 Å². The molecule has 24 heavy (non-hydrogen) atoms. The van der Waals surface area contributed by atoms with E-state index in [-0.39, 0.29) is 12.0 Å². The molecule has 0 bridgehead atoms. The third kappa shape index (κ3) is 3.24. The molecule has 5 nitrogen and oxygen atoms in total. The first-order chi connectivity index (χ1) is 11.7. The molecule has 1 unspecified atom stereocenters. The van der Waals surface area contributed by atoms with Crippen molar-refractivity contribution in [2.45, 2.75) is 13.0 Å². The second-order valence-corrected chi connectivity index (χ2v) is 5.91. The van der Waals surface area contributed by atoms with Gasteiger partial charge in [0.25, 0.3) is 0 Å². The number of hydrogen-bond donors (Lipinski definition) is 2. The van der Waals surface area contributed by atoms with Crippen LogP contribution in [0.4, 0.5) is 5.69 Å². The van der Waals surface area contributed by atoms with Crippen LogP contribution in [0.5, 0.6) is 0 Å². The third-order valence-electron chi connectivity index (χ3n) is 4.35. The number of benzene rings is 2. The van der Waals surface area contributed by atoms with Gasteiger partial charge in [-0.25, -0.2) is 4.90 Å². The molecule has 0 radical (unpaired) electrons. The quantitative estimate of drug-likeness (QED) is 0.387. The van der Waals surface area contributed by atoms with E-state index in [0.717, 1.165) is 17.8 Å². The van der Waals surface area contributed by atoms with E-state index in [1.54, 1.807) is 0 Å². The maximum absolute atomic E-state index is 9.58. The summed E-state index contributed by atoms with van der Waals surface area (Å²) in [5.74, 6) is 0.231. The largest absolute Gasteiger partial charge is 0.339 e. The van der Waals surface area contributed by atoms with Crippen molar-refractivity contribution >= 4 is 11.6 Å². The number of rotatable bonds is 2. The SMILES string of the molecule is Cc1ccccc1N(C#N)C(=N)N1CCNC(c2ccccc2)C1. The molecule has 3 rings (SSSR count). The van der Waals surface area contributed by atoms with Crippen molar-refractivity contribution in [2.24, 2.45) is 0 Å². The summed E-state index contributed by atoms with van der Waals surface area (Å²) >= 11 is 0. The summed E-state index contributed by atoms with van der Waals surface area (Å²) < 4.78 is 0. The smallest absolute Gasteiger partial charge is 0.212 e. The number of nitrogens with one attached hydrogen (secondary N) is 2. The third-order valence-corrected chi connectivity index (χ3v) is 4.35. The monoisotopic (exact) mass is 319 g/mol. The Labute approximate surface area is 142 Å². The average Bonchev–Trinajstić information content (AvgIpc) is 2.64. The molecule has 1 aliphatic rings. The molecule has 1 atom stereocenters. The summed E-state index contributed by atoms with van der Waals surface area (Å²) in [6.45, 7) is 4.13. The molecule has 1 saturated heterocycles. The van der Waals surface area contributed by atoms with Crippen LogP contribution < -0.4 is 10.2 Å². The second-order valence-electron chi connectivity index (χ2n) is 5.91. The van der Waals surface area contributed by atoms with Gasteiger partial charge in [-0.15, -0.1) is 0 Å². The summed E-state index contributed by atoms with van der Waals surface area (Å²) in [6.07, 6.45) is 2.16. The number of para-hydroxylation sites is 1. The predicted octanol–water partition coefficient (Wildman–Crippen LogP) is 2.86. The molecule has 1 fully saturated rings. The Bertz CT molecular complexity index is 750. The average molecular weight is 319 g/mol. The zero-order valence-electron chi connectivity index (χ0n) is 13.7. The number of piperazine rings is 1. The standard InChI is InChI=1S/C19H21N5/c1-15-7-5-6-10-18(15)24(14-20)19(21)23-12-11-22-17(13-23)16-8-3-2-4-9-16/h2-10,17,21-22H,11-13H2,1H3. The van der Waals surface area contributed by atoms with Crippen molar-refractivity contribution in [2.75, 3.05) is 24.5 Å². The first kappa shape index (κ1) is 16.0. The minimum Gasteiger partial charge on any atom is -0.339 e. The van der Waals surface area contributed by atoms with Crippen molar-refractivity contribution in [3.63, 3.8) is 0 Å². The van der Waals surface area contributed by atoms with E-state index in [1.807, 2.05) is 54.3 Å². The number of nitrogens with zero attached hydrogens (tertiary/aromatic N) is 3. The van der Waals surface area contributed by atoms with Crippen molar-refractivity contribution < 1.29 is 0 Å². The lowest BCUT2D eigenvalue weighted by Crippen LogP contribution is -2.52. The van der Waals surface area contributed by atoms with Crippen LogP contribution in [0.25, 0.3) is 0 Å². The van der Waals surface area contributed by atoms with E-state index in [9.17, 15) is 5.26 Å². The van der Waals surface area contributed by atoms with Crippen LogP contribution in [0.3, 0.4) is 0 Å². The van der Waals surface area contributed by atoms with Crippen LogP contribution in [0.2, 0.25) is 0 Å². The number of aryl methyl sites for hydroxylation is 1. The Morgan fingerprint density at radius 1 is 1.21 bits per heavy atom. The van der Waals surface area contributed by atoms with E-state index >= 15 is 0 Å². The summed E-state index contributed by atoms with van der Waals surface area (Å²) in [4.78, 5) is 3.37. The van der Waals surface area contributed by atoms with Gasteiger partial charge in [0, 0.05) is 25.7 Å². The van der Waals surface area contributed by atoms with Gasteiger partial charge in [0.2, 0.25) is 5.96 Å². The summed E-state index contributed by atoms with van der Waals surface area (Å²) in [5.41, 5.74) is 2.95. The van der Waals surface area contributed by atoms with Gasteiger partial charge in [0.1, 0.15) is 0 Å². The number of hydrogen-bond acceptors (Lipinski definition) is 3. The van der Waals surface area contributed by atoms with Crippen molar-refractivity contribution in [3.05, 3.63) is 65.7 Å². The van der Waals surface area contributed by atoms with Gasteiger partial charge in [0.05, 0.1) is 5.69 Å². The lowest BCUT2D eigenvalue weighted by atomic mass is 10.0. The van der Waals surface area contributed by atoms with Crippen LogP contribution in [0.1, 0.15) is 17.2 Å². The predicted molar refractivity (Wildman–Crippen MR) is 95.8 cm³/mol. The molecular formula is C19H21N5. The fraction of sp³-hybridized carbons (Fsp3) is 0.263. The van der Waals surface area contributed by atoms with Crippen LogP contribution in [-0.4, -0.2) is 30.5 Å². The lowest BCUT2D eigenvalue weighted by molar-refractivity contribution is 0.290. The molecule has 2 N–H and O–H groups in total. The molecule has 2 aromatic rings. The van der Waals surface area contributed by atoms with E-state index in [0.29, 0.717) is 13.1 Å². The molecule has 2 aromatic carbocycles. The van der Waals surface area contributed by atoms with E-state index in [4.69, 9.17) is 5.41 Å². The highest BCUT2D eigenvalue weighted by atomic mass is 15.4. The highest BCUT2D eigenvalue weighted by molar-refractivity contribution is 5.97. The summed E-state index contributed by atoms with van der Waals surface area (Å²) in [6, 6.07) is 18.1. The van der Waals surface area contributed by atoms with Gasteiger partial charge in [-0.3, -0.25) is 5.41 Å². The second kappa shape index (κ2) is 7.16. The van der Waals surface area contributed by atoms with E-state index in [2.05, 4.69) is 23.6 Å². The molecule has 0 saturated carbocycles. The molecule has 1 aliphatic heterocycles. The number of anilines is 1. The number of guanidine groups is 1. The van der Waals surface area contributed by atoms with Crippen LogP contribution >= 0.6 is 0 Å². The van der Waals surface area contributed by atoms with Crippen LogP contribution in [0, 0.1) is 23.8 Å². The van der Waals surface area contributed by atoms with Gasteiger partial charge in [-0.05, 0) is 24.1 Å². The maximum Gasteiger partial charge on any atom is 0.212 e. The maximum atomic E-state index is 9.58. The van der Waals surface area contributed by atoms with Crippen molar-refractivity contribution in [3.8, 4) is 6.19 Å². The van der Waals surface area contributed by atoms with Gasteiger partial charge in [-0.2, -0.15) is 5.26 Å². The van der Waals surface area contributed by atoms with E-state index in [1.165, 1.54) is 10.5 Å². The summed E-state index contributed by atoms with van der Waals surface area (Å²) in [5, 5.41) is 21.6. The highest BCUT2D eigenvalue weighted by Gasteiger charge is 2.26. The number of nitriles is 1. The lowest BCUT2D eigenvalue weighted by Gasteiger charge is -2.37. The van der Waals surface area contributed by atoms with Crippen molar-refractivity contribution in [1.29, 1.82) is 10.7 Å². The Balaban J connectivity index is 1.79. The highest BCUT2D eigenvalue weighted by Crippen LogP contribution is 2.22. The Morgan fingerprint density at radius 2 is 1.92 bits per heavy atom.